The number of amides is 2. The van der Waals surface area contributed by atoms with Gasteiger partial charge in [0.25, 0.3) is 5.91 Å². The average Bonchev–Trinajstić information content (AvgIpc) is 3.64. The second-order valence-electron chi connectivity index (χ2n) is 14.0. The number of aryl methyl sites for hydroxylation is 2. The van der Waals surface area contributed by atoms with E-state index in [1.54, 1.807) is 18.2 Å². The van der Waals surface area contributed by atoms with E-state index in [0.717, 1.165) is 12.0 Å². The Bertz CT molecular complexity index is 1880. The van der Waals surface area contributed by atoms with Gasteiger partial charge >= 0.3 is 5.92 Å². The molecule has 2 aromatic carbocycles. The van der Waals surface area contributed by atoms with Gasteiger partial charge in [0.15, 0.2) is 17.7 Å². The van der Waals surface area contributed by atoms with E-state index in [4.69, 9.17) is 15.2 Å². The lowest BCUT2D eigenvalue weighted by molar-refractivity contribution is -0.126. The SMILES string of the molecule is C=C(C)C(F)(F)c1ccc(/C2=C/CCCCN(c3cc(-c4c(C)cc(C(O)C(N)=O)cc4C)cc(F)c3OC)C(CC)CC(=O)N2)c(C2CCCO2)n1. The topological polar surface area (TPSA) is 127 Å². The fraction of sp³-hybridized carbons (Fsp3) is 0.439. The fourth-order valence-electron chi connectivity index (χ4n) is 7.34. The molecule has 9 nitrogen and oxygen atoms in total. The number of nitrogens with one attached hydrogen (secondary N) is 1. The summed E-state index contributed by atoms with van der Waals surface area (Å²) in [4.78, 5) is 32.0. The predicted octanol–water partition coefficient (Wildman–Crippen LogP) is 7.87. The molecular formula is C41H49F3N4O5. The first kappa shape index (κ1) is 39.5. The Balaban J connectivity index is 1.51. The molecule has 3 atom stereocenters. The number of halogens is 3. The number of anilines is 1. The lowest BCUT2D eigenvalue weighted by Gasteiger charge is -2.34. The van der Waals surface area contributed by atoms with Crippen LogP contribution in [0.4, 0.5) is 18.9 Å². The minimum Gasteiger partial charge on any atom is -0.492 e. The van der Waals surface area contributed by atoms with Crippen molar-refractivity contribution in [2.24, 2.45) is 5.73 Å². The number of carbonyl (C=O) groups excluding carboxylic acids is 2. The number of methoxy groups -OCH3 is 1. The van der Waals surface area contributed by atoms with Gasteiger partial charge in [-0.1, -0.05) is 31.7 Å². The molecule has 1 fully saturated rings. The standard InChI is InChI=1S/C41H49F3N4O5/c1-7-28-22-35(49)46-31(29-14-15-34(41(43,44)23(2)3)47-37(29)33-13-11-17-53-33)12-9-8-10-16-48(28)32-21-26(20-30(42)39(32)52-6)36-24(4)18-27(19-25(36)5)38(50)40(45)51/h12,14-15,18-21,28,33,38,50H,2,7-11,13,16-17,22H2,1,3-6H3,(H2,45,51)(H,46,49)/b31-12-. The van der Waals surface area contributed by atoms with Crippen LogP contribution in [0.25, 0.3) is 16.8 Å². The molecular weight excluding hydrogens is 685 g/mol. The second kappa shape index (κ2) is 16.6. The molecule has 2 aliphatic heterocycles. The van der Waals surface area contributed by atoms with Crippen LogP contribution in [0.2, 0.25) is 0 Å². The Labute approximate surface area is 309 Å². The van der Waals surface area contributed by atoms with Crippen LogP contribution in [0.5, 0.6) is 5.75 Å². The number of allylic oxidation sites excluding steroid dienone is 2. The Hall–Kier alpha value is -4.68. The first-order valence-electron chi connectivity index (χ1n) is 18.1. The highest BCUT2D eigenvalue weighted by Gasteiger charge is 2.36. The van der Waals surface area contributed by atoms with Crippen LogP contribution in [0, 0.1) is 19.7 Å². The smallest absolute Gasteiger partial charge is 0.310 e. The third-order valence-electron chi connectivity index (χ3n) is 10.1. The van der Waals surface area contributed by atoms with Crippen molar-refractivity contribution in [3.63, 3.8) is 0 Å². The van der Waals surface area contributed by atoms with E-state index in [1.807, 2.05) is 37.8 Å². The molecule has 4 N–H and O–H groups in total. The largest absolute Gasteiger partial charge is 0.492 e. The molecule has 1 saturated heterocycles. The molecule has 3 heterocycles. The number of pyridine rings is 1. The van der Waals surface area contributed by atoms with Crippen LogP contribution in [0.3, 0.4) is 0 Å². The first-order chi connectivity index (χ1) is 25.2. The number of aliphatic hydroxyl groups excluding tert-OH is 1. The van der Waals surface area contributed by atoms with E-state index in [9.17, 15) is 14.7 Å². The van der Waals surface area contributed by atoms with Gasteiger partial charge in [-0.25, -0.2) is 9.37 Å². The van der Waals surface area contributed by atoms with Crippen molar-refractivity contribution in [3.05, 3.63) is 94.1 Å². The molecule has 0 aliphatic carbocycles. The molecule has 284 valence electrons. The molecule has 12 heteroatoms. The Morgan fingerprint density at radius 1 is 1.19 bits per heavy atom. The van der Waals surface area contributed by atoms with Crippen LogP contribution in [-0.2, 0) is 20.2 Å². The van der Waals surface area contributed by atoms with Crippen LogP contribution in [0.1, 0.15) is 105 Å². The van der Waals surface area contributed by atoms with Crippen LogP contribution >= 0.6 is 0 Å². The van der Waals surface area contributed by atoms with Crippen molar-refractivity contribution < 1.29 is 37.3 Å². The van der Waals surface area contributed by atoms with Crippen molar-refractivity contribution in [3.8, 4) is 16.9 Å². The number of rotatable bonds is 10. The van der Waals surface area contributed by atoms with Gasteiger partial charge in [0.1, 0.15) is 11.8 Å². The number of hydrogen-bond acceptors (Lipinski definition) is 7. The molecule has 0 bridgehead atoms. The number of ether oxygens (including phenoxy) is 2. The van der Waals surface area contributed by atoms with E-state index in [1.165, 1.54) is 26.2 Å². The number of aliphatic hydroxyl groups is 1. The number of nitrogens with two attached hydrogens (primary N) is 1. The van der Waals surface area contributed by atoms with Gasteiger partial charge in [0.2, 0.25) is 5.91 Å². The maximum absolute atomic E-state index is 16.0. The molecule has 1 aromatic heterocycles. The van der Waals surface area contributed by atoms with E-state index >= 15 is 13.2 Å². The third-order valence-corrected chi connectivity index (χ3v) is 10.1. The summed E-state index contributed by atoms with van der Waals surface area (Å²) in [5, 5.41) is 13.4. The number of nitrogens with zero attached hydrogens (tertiary/aromatic N) is 2. The van der Waals surface area contributed by atoms with E-state index < -0.39 is 35.5 Å². The molecule has 53 heavy (non-hydrogen) atoms. The zero-order chi connectivity index (χ0) is 38.6. The second-order valence-corrected chi connectivity index (χ2v) is 14.0. The average molecular weight is 735 g/mol. The maximum atomic E-state index is 16.0. The van der Waals surface area contributed by atoms with Gasteiger partial charge in [-0.05, 0) is 117 Å². The monoisotopic (exact) mass is 734 g/mol. The highest BCUT2D eigenvalue weighted by Crippen LogP contribution is 2.42. The summed E-state index contributed by atoms with van der Waals surface area (Å²) in [5.41, 5.74) is 9.55. The molecule has 3 unspecified atom stereocenters. The van der Waals surface area contributed by atoms with E-state index in [0.29, 0.717) is 90.2 Å². The van der Waals surface area contributed by atoms with Crippen molar-refractivity contribution >= 4 is 23.2 Å². The molecule has 0 saturated carbocycles. The molecule has 0 spiro atoms. The summed E-state index contributed by atoms with van der Waals surface area (Å²) < 4.78 is 57.6. The van der Waals surface area contributed by atoms with Gasteiger partial charge in [0.05, 0.1) is 18.5 Å². The third kappa shape index (κ3) is 8.44. The molecule has 3 aromatic rings. The van der Waals surface area contributed by atoms with Crippen LogP contribution < -0.4 is 20.7 Å². The van der Waals surface area contributed by atoms with Crippen molar-refractivity contribution in [2.75, 3.05) is 25.2 Å². The minimum absolute atomic E-state index is 0.0507. The number of hydrogen-bond donors (Lipinski definition) is 3. The quantitative estimate of drug-likeness (QED) is 0.181. The lowest BCUT2D eigenvalue weighted by atomic mass is 9.91. The lowest BCUT2D eigenvalue weighted by Crippen LogP contribution is -2.40. The number of carbonyl (C=O) groups is 2. The van der Waals surface area contributed by atoms with Crippen molar-refractivity contribution in [2.45, 2.75) is 96.8 Å². The van der Waals surface area contributed by atoms with Crippen LogP contribution in [-0.4, -0.2) is 48.2 Å². The Kier molecular flexibility index (Phi) is 12.3. The minimum atomic E-state index is -3.33. The number of alkyl halides is 2. The number of benzene rings is 2. The summed E-state index contributed by atoms with van der Waals surface area (Å²) in [7, 11) is 1.41. The first-order valence-corrected chi connectivity index (χ1v) is 18.1. The molecule has 0 radical (unpaired) electrons. The van der Waals surface area contributed by atoms with E-state index in [-0.39, 0.29) is 29.7 Å². The van der Waals surface area contributed by atoms with Crippen LogP contribution in [0.15, 0.2) is 54.6 Å². The highest BCUT2D eigenvalue weighted by molar-refractivity contribution is 5.88. The fourth-order valence-corrected chi connectivity index (χ4v) is 7.34. The van der Waals surface area contributed by atoms with Gasteiger partial charge in [0, 0.05) is 36.9 Å². The van der Waals surface area contributed by atoms with Gasteiger partial charge in [-0.3, -0.25) is 9.59 Å². The number of aromatic nitrogens is 1. The van der Waals surface area contributed by atoms with Crippen molar-refractivity contribution in [1.82, 2.24) is 10.3 Å². The predicted molar refractivity (Wildman–Crippen MR) is 199 cm³/mol. The zero-order valence-electron chi connectivity index (χ0n) is 31.0. The molecule has 2 amide bonds. The summed E-state index contributed by atoms with van der Waals surface area (Å²) in [6.07, 6.45) is 3.91. The Morgan fingerprint density at radius 2 is 1.91 bits per heavy atom. The summed E-state index contributed by atoms with van der Waals surface area (Å²) in [6, 6.07) is 9.08. The van der Waals surface area contributed by atoms with Gasteiger partial charge in [-0.2, -0.15) is 8.78 Å². The zero-order valence-corrected chi connectivity index (χ0v) is 31.0. The molecule has 2 aliphatic rings. The van der Waals surface area contributed by atoms with Gasteiger partial charge < -0.3 is 30.5 Å². The number of primary amides is 1. The summed E-state index contributed by atoms with van der Waals surface area (Å²) in [6.45, 7) is 11.3. The molecule has 5 rings (SSSR count). The Morgan fingerprint density at radius 3 is 2.51 bits per heavy atom. The van der Waals surface area contributed by atoms with E-state index in [2.05, 4.69) is 16.9 Å². The van der Waals surface area contributed by atoms with Gasteiger partial charge in [-0.15, -0.1) is 0 Å². The van der Waals surface area contributed by atoms with Crippen molar-refractivity contribution in [1.29, 1.82) is 0 Å². The highest BCUT2D eigenvalue weighted by atomic mass is 19.3. The normalized spacial score (nSPS) is 20.2. The summed E-state index contributed by atoms with van der Waals surface area (Å²) >= 11 is 0. The summed E-state index contributed by atoms with van der Waals surface area (Å²) in [5.74, 6) is -5.02. The maximum Gasteiger partial charge on any atom is 0.310 e.